The maximum atomic E-state index is 13.2. The maximum absolute atomic E-state index is 13.2. The molecule has 2 rings (SSSR count). The van der Waals surface area contributed by atoms with Gasteiger partial charge in [0.15, 0.2) is 0 Å². The van der Waals surface area contributed by atoms with E-state index in [1.165, 1.54) is 31.2 Å². The average Bonchev–Trinajstić information content (AvgIpc) is 2.81. The van der Waals surface area contributed by atoms with Crippen molar-refractivity contribution in [3.8, 4) is 0 Å². The number of non-ortho nitro benzene ring substituents is 1. The molecule has 0 aliphatic rings. The number of nitro groups is 1. The van der Waals surface area contributed by atoms with Gasteiger partial charge in [-0.25, -0.2) is 13.2 Å². The Morgan fingerprint density at radius 2 is 1.69 bits per heavy atom. The highest BCUT2D eigenvalue weighted by Crippen LogP contribution is 2.16. The van der Waals surface area contributed by atoms with Crippen LogP contribution in [0.15, 0.2) is 53.4 Å². The summed E-state index contributed by atoms with van der Waals surface area (Å²) in [6, 6.07) is 9.62. The number of amides is 2. The molecule has 0 fully saturated rings. The lowest BCUT2D eigenvalue weighted by Crippen LogP contribution is -2.49. The topological polar surface area (TPSA) is 165 Å². The van der Waals surface area contributed by atoms with Crippen molar-refractivity contribution in [1.82, 2.24) is 14.9 Å². The largest absolute Gasteiger partial charge is 0.464 e. The number of hydrogen-bond acceptors (Lipinski definition) is 8. The van der Waals surface area contributed by atoms with Crippen molar-refractivity contribution in [3.63, 3.8) is 0 Å². The van der Waals surface area contributed by atoms with Gasteiger partial charge in [-0.05, 0) is 45.0 Å². The molecule has 0 aromatic heterocycles. The predicted octanol–water partition coefficient (Wildman–Crippen LogP) is 1.35. The summed E-state index contributed by atoms with van der Waals surface area (Å²) in [7, 11) is -4.22. The van der Waals surface area contributed by atoms with Crippen molar-refractivity contribution < 1.29 is 32.5 Å². The van der Waals surface area contributed by atoms with Crippen LogP contribution in [0.25, 0.3) is 0 Å². The standard InChI is InChI=1S/C22H26N4O8S/c1-4-34-22(29)16(3)24-20(27)13-25(35(32,33)19-11-5-15(2)6-12-19)14-23-21(28)17-7-9-18(10-8-17)26(30)31/h5-12,16H,4,13-14H2,1-3H3,(H,23,28)(H,24,27). The zero-order valence-electron chi connectivity index (χ0n) is 19.4. The molecular formula is C22H26N4O8S. The zero-order chi connectivity index (χ0) is 26.2. The van der Waals surface area contributed by atoms with Crippen molar-refractivity contribution in [2.75, 3.05) is 19.8 Å². The molecule has 0 saturated carbocycles. The van der Waals surface area contributed by atoms with Crippen molar-refractivity contribution in [1.29, 1.82) is 0 Å². The molecule has 0 radical (unpaired) electrons. The van der Waals surface area contributed by atoms with Crippen LogP contribution in [0.5, 0.6) is 0 Å². The first kappa shape index (κ1) is 27.4. The van der Waals surface area contributed by atoms with E-state index in [9.17, 15) is 32.9 Å². The van der Waals surface area contributed by atoms with Crippen LogP contribution >= 0.6 is 0 Å². The molecule has 2 N–H and O–H groups in total. The van der Waals surface area contributed by atoms with Crippen molar-refractivity contribution in [2.24, 2.45) is 0 Å². The van der Waals surface area contributed by atoms with Crippen LogP contribution in [0.1, 0.15) is 29.8 Å². The number of benzene rings is 2. The lowest BCUT2D eigenvalue weighted by molar-refractivity contribution is -0.384. The second kappa shape index (κ2) is 12.0. The fraction of sp³-hybridized carbons (Fsp3) is 0.318. The van der Waals surface area contributed by atoms with E-state index in [0.29, 0.717) is 0 Å². The number of nitrogens with zero attached hydrogens (tertiary/aromatic N) is 2. The quantitative estimate of drug-likeness (QED) is 0.199. The first-order chi connectivity index (χ1) is 16.4. The molecule has 0 aliphatic heterocycles. The van der Waals surface area contributed by atoms with Gasteiger partial charge in [-0.3, -0.25) is 19.7 Å². The van der Waals surface area contributed by atoms with Gasteiger partial charge in [-0.2, -0.15) is 4.31 Å². The van der Waals surface area contributed by atoms with Gasteiger partial charge in [0.25, 0.3) is 11.6 Å². The van der Waals surface area contributed by atoms with Crippen LogP contribution in [0.2, 0.25) is 0 Å². The van der Waals surface area contributed by atoms with Gasteiger partial charge in [0.05, 0.1) is 29.6 Å². The molecule has 1 atom stereocenters. The fourth-order valence-corrected chi connectivity index (χ4v) is 4.16. The summed E-state index contributed by atoms with van der Waals surface area (Å²) in [6.07, 6.45) is 0. The van der Waals surface area contributed by atoms with E-state index in [2.05, 4.69) is 10.6 Å². The maximum Gasteiger partial charge on any atom is 0.328 e. The number of aryl methyl sites for hydroxylation is 1. The number of hydrogen-bond donors (Lipinski definition) is 2. The zero-order valence-corrected chi connectivity index (χ0v) is 20.2. The van der Waals surface area contributed by atoms with E-state index in [4.69, 9.17) is 4.74 Å². The van der Waals surface area contributed by atoms with Gasteiger partial charge in [0, 0.05) is 17.7 Å². The molecule has 2 aromatic carbocycles. The normalized spacial score (nSPS) is 12.0. The van der Waals surface area contributed by atoms with E-state index in [1.807, 2.05) is 0 Å². The minimum Gasteiger partial charge on any atom is -0.464 e. The second-order valence-electron chi connectivity index (χ2n) is 7.44. The Bertz CT molecular complexity index is 1180. The third-order valence-electron chi connectivity index (χ3n) is 4.75. The molecule has 0 aliphatic carbocycles. The SMILES string of the molecule is CCOC(=O)C(C)NC(=O)CN(CNC(=O)c1ccc([N+](=O)[O-])cc1)S(=O)(=O)c1ccc(C)cc1. The summed E-state index contributed by atoms with van der Waals surface area (Å²) in [5.41, 5.74) is 0.671. The van der Waals surface area contributed by atoms with Gasteiger partial charge in [0.1, 0.15) is 6.04 Å². The van der Waals surface area contributed by atoms with Crippen LogP contribution in [0.3, 0.4) is 0 Å². The lowest BCUT2D eigenvalue weighted by Gasteiger charge is -2.23. The van der Waals surface area contributed by atoms with Gasteiger partial charge >= 0.3 is 5.97 Å². The lowest BCUT2D eigenvalue weighted by atomic mass is 10.2. The molecule has 0 heterocycles. The molecular weight excluding hydrogens is 480 g/mol. The summed E-state index contributed by atoms with van der Waals surface area (Å²) >= 11 is 0. The number of nitrogens with one attached hydrogen (secondary N) is 2. The Labute approximate surface area is 202 Å². The Balaban J connectivity index is 2.21. The summed E-state index contributed by atoms with van der Waals surface area (Å²) < 4.78 is 32.0. The molecule has 13 heteroatoms. The van der Waals surface area contributed by atoms with E-state index < -0.39 is 52.0 Å². The van der Waals surface area contributed by atoms with Crippen LogP contribution in [0, 0.1) is 17.0 Å². The van der Waals surface area contributed by atoms with Crippen LogP contribution < -0.4 is 10.6 Å². The first-order valence-corrected chi connectivity index (χ1v) is 11.9. The molecule has 2 amide bonds. The number of sulfonamides is 1. The summed E-state index contributed by atoms with van der Waals surface area (Å²) in [4.78, 5) is 46.9. The van der Waals surface area contributed by atoms with Crippen molar-refractivity contribution in [2.45, 2.75) is 31.7 Å². The third-order valence-corrected chi connectivity index (χ3v) is 6.56. The number of rotatable bonds is 11. The first-order valence-electron chi connectivity index (χ1n) is 10.5. The molecule has 35 heavy (non-hydrogen) atoms. The van der Waals surface area contributed by atoms with Gasteiger partial charge in [0.2, 0.25) is 15.9 Å². The molecule has 12 nitrogen and oxygen atoms in total. The monoisotopic (exact) mass is 506 g/mol. The smallest absolute Gasteiger partial charge is 0.328 e. The minimum atomic E-state index is -4.22. The summed E-state index contributed by atoms with van der Waals surface area (Å²) in [6.45, 7) is 3.62. The van der Waals surface area contributed by atoms with Crippen LogP contribution in [-0.2, 0) is 24.3 Å². The number of carbonyl (C=O) groups excluding carboxylic acids is 3. The molecule has 1 unspecified atom stereocenters. The Hall–Kier alpha value is -3.84. The minimum absolute atomic E-state index is 0.0590. The molecule has 2 aromatic rings. The van der Waals surface area contributed by atoms with Crippen molar-refractivity contribution >= 4 is 33.5 Å². The summed E-state index contributed by atoms with van der Waals surface area (Å²) in [5.74, 6) is -2.17. The molecule has 0 bridgehead atoms. The van der Waals surface area contributed by atoms with Crippen molar-refractivity contribution in [3.05, 3.63) is 69.8 Å². The van der Waals surface area contributed by atoms with Gasteiger partial charge in [-0.15, -0.1) is 0 Å². The summed E-state index contributed by atoms with van der Waals surface area (Å²) in [5, 5.41) is 15.6. The number of esters is 1. The van der Waals surface area contributed by atoms with E-state index in [1.54, 1.807) is 26.0 Å². The highest BCUT2D eigenvalue weighted by Gasteiger charge is 2.28. The number of ether oxygens (including phenoxy) is 1. The Morgan fingerprint density at radius 3 is 2.23 bits per heavy atom. The van der Waals surface area contributed by atoms with Crippen LogP contribution in [0.4, 0.5) is 5.69 Å². The average molecular weight is 507 g/mol. The molecule has 0 saturated heterocycles. The highest BCUT2D eigenvalue weighted by atomic mass is 32.2. The third kappa shape index (κ3) is 7.58. The van der Waals surface area contributed by atoms with Crippen LogP contribution in [-0.4, -0.2) is 61.3 Å². The highest BCUT2D eigenvalue weighted by molar-refractivity contribution is 7.89. The van der Waals surface area contributed by atoms with E-state index in [0.717, 1.165) is 22.0 Å². The fourth-order valence-electron chi connectivity index (χ4n) is 2.86. The van der Waals surface area contributed by atoms with Gasteiger partial charge in [-0.1, -0.05) is 17.7 Å². The predicted molar refractivity (Wildman–Crippen MR) is 125 cm³/mol. The van der Waals surface area contributed by atoms with E-state index >= 15 is 0 Å². The number of carbonyl (C=O) groups is 3. The molecule has 0 spiro atoms. The molecule has 188 valence electrons. The van der Waals surface area contributed by atoms with Gasteiger partial charge < -0.3 is 15.4 Å². The number of nitro benzene ring substituents is 1. The van der Waals surface area contributed by atoms with E-state index in [-0.39, 0.29) is 22.8 Å². The second-order valence-corrected chi connectivity index (χ2v) is 9.38. The Kier molecular flexibility index (Phi) is 9.42. The Morgan fingerprint density at radius 1 is 1.09 bits per heavy atom.